The molecular weight excluding hydrogens is 294 g/mol. The van der Waals surface area contributed by atoms with Crippen LogP contribution >= 0.6 is 0 Å². The van der Waals surface area contributed by atoms with Crippen LogP contribution < -0.4 is 27.3 Å². The van der Waals surface area contributed by atoms with Crippen LogP contribution in [0.1, 0.15) is 31.2 Å². The summed E-state index contributed by atoms with van der Waals surface area (Å²) >= 11 is 0. The van der Waals surface area contributed by atoms with Crippen LogP contribution in [0.4, 0.5) is 0 Å². The van der Waals surface area contributed by atoms with Crippen LogP contribution in [-0.2, 0) is 4.79 Å². The summed E-state index contributed by atoms with van der Waals surface area (Å²) in [4.78, 5) is 11.7. The molecule has 0 saturated heterocycles. The second kappa shape index (κ2) is 10.6. The van der Waals surface area contributed by atoms with E-state index in [0.29, 0.717) is 43.9 Å². The van der Waals surface area contributed by atoms with Gasteiger partial charge in [-0.1, -0.05) is 18.6 Å². The summed E-state index contributed by atoms with van der Waals surface area (Å²) < 4.78 is 5.57. The lowest BCUT2D eigenvalue weighted by Crippen LogP contribution is -2.41. The lowest BCUT2D eigenvalue weighted by molar-refractivity contribution is -0.122. The molecule has 0 unspecified atom stereocenters. The summed E-state index contributed by atoms with van der Waals surface area (Å²) in [6.07, 6.45) is 3.07. The third kappa shape index (κ3) is 7.62. The van der Waals surface area contributed by atoms with E-state index in [4.69, 9.17) is 27.3 Å². The monoisotopic (exact) mass is 321 g/mol. The van der Waals surface area contributed by atoms with Gasteiger partial charge in [0, 0.05) is 12.1 Å². The fourth-order valence-electron chi connectivity index (χ4n) is 2.00. The Labute approximate surface area is 137 Å². The molecule has 0 bridgehead atoms. The fraction of sp³-hybridized carbons (Fsp3) is 0.500. The van der Waals surface area contributed by atoms with Gasteiger partial charge >= 0.3 is 0 Å². The van der Waals surface area contributed by atoms with E-state index in [9.17, 15) is 4.79 Å². The highest BCUT2D eigenvalue weighted by molar-refractivity contribution is 5.95. The first kappa shape index (κ1) is 18.9. The zero-order valence-corrected chi connectivity index (χ0v) is 13.4. The zero-order valence-electron chi connectivity index (χ0n) is 13.4. The molecular formula is C16H27N5O2. The van der Waals surface area contributed by atoms with Gasteiger partial charge in [-0.05, 0) is 37.9 Å². The van der Waals surface area contributed by atoms with Crippen LogP contribution in [0.15, 0.2) is 24.3 Å². The topological polar surface area (TPSA) is 140 Å². The third-order valence-corrected chi connectivity index (χ3v) is 3.34. The first-order chi connectivity index (χ1) is 11.0. The van der Waals surface area contributed by atoms with E-state index >= 15 is 0 Å². The second-order valence-corrected chi connectivity index (χ2v) is 5.33. The van der Waals surface area contributed by atoms with Crippen LogP contribution in [0.3, 0.4) is 0 Å². The average Bonchev–Trinajstić information content (AvgIpc) is 2.54. The van der Waals surface area contributed by atoms with Crippen molar-refractivity contribution in [2.45, 2.75) is 31.7 Å². The van der Waals surface area contributed by atoms with Gasteiger partial charge in [0.15, 0.2) is 0 Å². The summed E-state index contributed by atoms with van der Waals surface area (Å²) in [6, 6.07) is 6.58. The number of nitrogens with two attached hydrogens (primary N) is 3. The standard InChI is InChI=1S/C16H27N5O2/c17-8-2-1-7-14(18)16(22)21-9-4-10-23-13-6-3-5-12(11-13)15(19)20/h3,5-6,11,14H,1-2,4,7-10,17-18H2,(H3,19,20)(H,21,22)/t14-/m0/s1. The molecule has 23 heavy (non-hydrogen) atoms. The SMILES string of the molecule is N=C(N)c1cccc(OCCCNC(=O)[C@@H](N)CCCCN)c1. The molecule has 7 nitrogen and oxygen atoms in total. The van der Waals surface area contributed by atoms with E-state index in [-0.39, 0.29) is 11.7 Å². The van der Waals surface area contributed by atoms with E-state index in [1.54, 1.807) is 24.3 Å². The molecule has 0 aliphatic heterocycles. The van der Waals surface area contributed by atoms with Gasteiger partial charge in [-0.3, -0.25) is 10.2 Å². The molecule has 7 heteroatoms. The van der Waals surface area contributed by atoms with Crippen LogP contribution in [0.2, 0.25) is 0 Å². The molecule has 0 aromatic heterocycles. The summed E-state index contributed by atoms with van der Waals surface area (Å²) in [5.74, 6) is 0.523. The Bertz CT molecular complexity index is 507. The summed E-state index contributed by atoms with van der Waals surface area (Å²) in [5.41, 5.74) is 17.2. The molecule has 8 N–H and O–H groups in total. The van der Waals surface area contributed by atoms with Crippen LogP contribution in [-0.4, -0.2) is 37.5 Å². The van der Waals surface area contributed by atoms with Gasteiger partial charge < -0.3 is 27.3 Å². The third-order valence-electron chi connectivity index (χ3n) is 3.34. The van der Waals surface area contributed by atoms with Gasteiger partial charge in [-0.25, -0.2) is 0 Å². The maximum absolute atomic E-state index is 11.7. The average molecular weight is 321 g/mol. The van der Waals surface area contributed by atoms with Crippen molar-refractivity contribution in [3.05, 3.63) is 29.8 Å². The van der Waals surface area contributed by atoms with E-state index < -0.39 is 6.04 Å². The molecule has 0 heterocycles. The van der Waals surface area contributed by atoms with Crippen LogP contribution in [0, 0.1) is 5.41 Å². The molecule has 1 rings (SSSR count). The predicted octanol–water partition coefficient (Wildman–Crippen LogP) is 0.312. The molecule has 0 saturated carbocycles. The minimum Gasteiger partial charge on any atom is -0.494 e. The second-order valence-electron chi connectivity index (χ2n) is 5.33. The molecule has 1 atom stereocenters. The molecule has 0 spiro atoms. The lowest BCUT2D eigenvalue weighted by atomic mass is 10.1. The maximum atomic E-state index is 11.7. The van der Waals surface area contributed by atoms with Gasteiger partial charge in [-0.2, -0.15) is 0 Å². The molecule has 1 aromatic rings. The Morgan fingerprint density at radius 3 is 2.78 bits per heavy atom. The number of nitrogen functional groups attached to an aromatic ring is 1. The first-order valence-electron chi connectivity index (χ1n) is 7.85. The number of ether oxygens (including phenoxy) is 1. The van der Waals surface area contributed by atoms with Crippen molar-refractivity contribution in [2.24, 2.45) is 17.2 Å². The first-order valence-corrected chi connectivity index (χ1v) is 7.85. The van der Waals surface area contributed by atoms with Gasteiger partial charge in [0.1, 0.15) is 11.6 Å². The largest absolute Gasteiger partial charge is 0.494 e. The lowest BCUT2D eigenvalue weighted by Gasteiger charge is -2.12. The number of amides is 1. The van der Waals surface area contributed by atoms with Crippen LogP contribution in [0.5, 0.6) is 5.75 Å². The van der Waals surface area contributed by atoms with Crippen molar-refractivity contribution in [1.29, 1.82) is 5.41 Å². The summed E-state index contributed by atoms with van der Waals surface area (Å²) in [5, 5.41) is 10.2. The van der Waals surface area contributed by atoms with Crippen molar-refractivity contribution >= 4 is 11.7 Å². The quantitative estimate of drug-likeness (QED) is 0.227. The minimum absolute atomic E-state index is 0.00587. The number of hydrogen-bond acceptors (Lipinski definition) is 5. The molecule has 0 fully saturated rings. The zero-order chi connectivity index (χ0) is 17.1. The predicted molar refractivity (Wildman–Crippen MR) is 91.5 cm³/mol. The van der Waals surface area contributed by atoms with Gasteiger partial charge in [0.2, 0.25) is 5.91 Å². The van der Waals surface area contributed by atoms with Gasteiger partial charge in [0.05, 0.1) is 12.6 Å². The van der Waals surface area contributed by atoms with Crippen molar-refractivity contribution in [1.82, 2.24) is 5.32 Å². The highest BCUT2D eigenvalue weighted by atomic mass is 16.5. The minimum atomic E-state index is -0.477. The summed E-state index contributed by atoms with van der Waals surface area (Å²) in [6.45, 7) is 1.59. The number of nitrogens with one attached hydrogen (secondary N) is 2. The Balaban J connectivity index is 2.18. The van der Waals surface area contributed by atoms with Crippen molar-refractivity contribution in [3.8, 4) is 5.75 Å². The van der Waals surface area contributed by atoms with E-state index in [1.807, 2.05) is 0 Å². The number of amidine groups is 1. The number of hydrogen-bond donors (Lipinski definition) is 5. The highest BCUT2D eigenvalue weighted by Gasteiger charge is 2.11. The van der Waals surface area contributed by atoms with Gasteiger partial charge in [-0.15, -0.1) is 0 Å². The number of benzene rings is 1. The molecule has 0 aliphatic rings. The van der Waals surface area contributed by atoms with E-state index in [1.165, 1.54) is 0 Å². The number of unbranched alkanes of at least 4 members (excludes halogenated alkanes) is 1. The highest BCUT2D eigenvalue weighted by Crippen LogP contribution is 2.12. The smallest absolute Gasteiger partial charge is 0.236 e. The van der Waals surface area contributed by atoms with E-state index in [2.05, 4.69) is 5.32 Å². The Kier molecular flexibility index (Phi) is 8.71. The number of rotatable bonds is 11. The normalized spacial score (nSPS) is 11.7. The molecule has 0 radical (unpaired) electrons. The van der Waals surface area contributed by atoms with E-state index in [0.717, 1.165) is 12.8 Å². The molecule has 128 valence electrons. The van der Waals surface area contributed by atoms with Gasteiger partial charge in [0.25, 0.3) is 0 Å². The summed E-state index contributed by atoms with van der Waals surface area (Å²) in [7, 11) is 0. The Hall–Kier alpha value is -2.12. The Morgan fingerprint density at radius 1 is 1.30 bits per heavy atom. The fourth-order valence-corrected chi connectivity index (χ4v) is 2.00. The maximum Gasteiger partial charge on any atom is 0.236 e. The molecule has 1 amide bonds. The van der Waals surface area contributed by atoms with Crippen LogP contribution in [0.25, 0.3) is 0 Å². The Morgan fingerprint density at radius 2 is 2.09 bits per heavy atom. The van der Waals surface area contributed by atoms with Crippen molar-refractivity contribution < 1.29 is 9.53 Å². The molecule has 1 aromatic carbocycles. The molecule has 0 aliphatic carbocycles. The van der Waals surface area contributed by atoms with Crippen molar-refractivity contribution in [3.63, 3.8) is 0 Å². The van der Waals surface area contributed by atoms with Crippen molar-refractivity contribution in [2.75, 3.05) is 19.7 Å². The number of carbonyl (C=O) groups is 1. The number of carbonyl (C=O) groups excluding carboxylic acids is 1.